The average Bonchev–Trinajstić information content (AvgIpc) is 2.66. The van der Waals surface area contributed by atoms with Gasteiger partial charge in [-0.1, -0.05) is 12.1 Å². The zero-order chi connectivity index (χ0) is 20.0. The number of esters is 2. The molecule has 0 radical (unpaired) electrons. The van der Waals surface area contributed by atoms with Crippen molar-refractivity contribution < 1.29 is 23.9 Å². The Labute approximate surface area is 161 Å². The van der Waals surface area contributed by atoms with Gasteiger partial charge in [-0.2, -0.15) is 0 Å². The highest BCUT2D eigenvalue weighted by atomic mass is 32.1. The molecule has 0 saturated carbocycles. The van der Waals surface area contributed by atoms with Gasteiger partial charge in [0.2, 0.25) is 0 Å². The number of anilines is 2. The molecule has 8 heteroatoms. The first-order valence-electron chi connectivity index (χ1n) is 7.84. The minimum atomic E-state index is -0.600. The van der Waals surface area contributed by atoms with Gasteiger partial charge in [0.05, 0.1) is 25.3 Å². The number of nitrogens with one attached hydrogen (secondary N) is 2. The number of thiocarbonyl (C=S) groups is 1. The van der Waals surface area contributed by atoms with Gasteiger partial charge in [-0.25, -0.2) is 9.59 Å². The van der Waals surface area contributed by atoms with Crippen molar-refractivity contribution in [1.29, 1.82) is 0 Å². The lowest BCUT2D eigenvalue weighted by atomic mass is 10.1. The third-order valence-corrected chi connectivity index (χ3v) is 3.76. The SMILES string of the molecule is COC(=O)c1cc(NC(=S)Nc2cccc(C(C)=O)c2)cc(C(=O)OC)c1. The fourth-order valence-corrected chi connectivity index (χ4v) is 2.52. The first-order valence-corrected chi connectivity index (χ1v) is 8.25. The fourth-order valence-electron chi connectivity index (χ4n) is 2.28. The molecule has 0 saturated heterocycles. The van der Waals surface area contributed by atoms with Crippen LogP contribution in [0.25, 0.3) is 0 Å². The van der Waals surface area contributed by atoms with Gasteiger partial charge in [-0.05, 0) is 49.5 Å². The van der Waals surface area contributed by atoms with Crippen LogP contribution in [0.1, 0.15) is 38.0 Å². The van der Waals surface area contributed by atoms with Crippen LogP contribution >= 0.6 is 12.2 Å². The van der Waals surface area contributed by atoms with Gasteiger partial charge < -0.3 is 20.1 Å². The molecule has 0 atom stereocenters. The Kier molecular flexibility index (Phi) is 6.62. The standard InChI is InChI=1S/C19H18N2O5S/c1-11(22)12-5-4-6-15(8-12)20-19(27)21-16-9-13(17(23)25-2)7-14(10-16)18(24)26-3/h4-10H,1-3H3,(H2,20,21,27). The van der Waals surface area contributed by atoms with Gasteiger partial charge in [0, 0.05) is 16.9 Å². The van der Waals surface area contributed by atoms with Gasteiger partial charge in [-0.3, -0.25) is 4.79 Å². The Morgan fingerprint density at radius 3 is 1.85 bits per heavy atom. The van der Waals surface area contributed by atoms with Crippen molar-refractivity contribution in [3.63, 3.8) is 0 Å². The maximum atomic E-state index is 11.8. The number of rotatable bonds is 5. The molecule has 7 nitrogen and oxygen atoms in total. The van der Waals surface area contributed by atoms with Crippen LogP contribution in [0, 0.1) is 0 Å². The van der Waals surface area contributed by atoms with Crippen molar-refractivity contribution >= 4 is 46.4 Å². The van der Waals surface area contributed by atoms with Crippen molar-refractivity contribution in [2.24, 2.45) is 0 Å². The molecule has 0 aliphatic heterocycles. The monoisotopic (exact) mass is 386 g/mol. The topological polar surface area (TPSA) is 93.7 Å². The lowest BCUT2D eigenvalue weighted by Gasteiger charge is -2.13. The highest BCUT2D eigenvalue weighted by Gasteiger charge is 2.14. The summed E-state index contributed by atoms with van der Waals surface area (Å²) in [6.07, 6.45) is 0. The summed E-state index contributed by atoms with van der Waals surface area (Å²) in [6.45, 7) is 1.47. The average molecular weight is 386 g/mol. The molecular weight excluding hydrogens is 368 g/mol. The highest BCUT2D eigenvalue weighted by Crippen LogP contribution is 2.18. The normalized spacial score (nSPS) is 9.89. The maximum absolute atomic E-state index is 11.8. The van der Waals surface area contributed by atoms with E-state index in [9.17, 15) is 14.4 Å². The molecule has 0 spiro atoms. The van der Waals surface area contributed by atoms with Gasteiger partial charge >= 0.3 is 11.9 Å². The summed E-state index contributed by atoms with van der Waals surface area (Å²) in [6, 6.07) is 11.2. The molecule has 0 fully saturated rings. The largest absolute Gasteiger partial charge is 0.465 e. The summed E-state index contributed by atoms with van der Waals surface area (Å²) in [5, 5.41) is 6.06. The molecule has 2 aromatic carbocycles. The van der Waals surface area contributed by atoms with Gasteiger partial charge in [0.15, 0.2) is 10.9 Å². The second-order valence-corrected chi connectivity index (χ2v) is 5.91. The highest BCUT2D eigenvalue weighted by molar-refractivity contribution is 7.80. The summed E-state index contributed by atoms with van der Waals surface area (Å²) in [7, 11) is 2.49. The number of methoxy groups -OCH3 is 2. The van der Waals surface area contributed by atoms with E-state index in [4.69, 9.17) is 21.7 Å². The van der Waals surface area contributed by atoms with E-state index in [1.807, 2.05) is 0 Å². The second kappa shape index (κ2) is 8.91. The van der Waals surface area contributed by atoms with Gasteiger partial charge in [0.25, 0.3) is 0 Å². The van der Waals surface area contributed by atoms with Crippen molar-refractivity contribution in [3.8, 4) is 0 Å². The van der Waals surface area contributed by atoms with E-state index in [0.29, 0.717) is 16.9 Å². The number of carbonyl (C=O) groups is 3. The Bertz CT molecular complexity index is 876. The van der Waals surface area contributed by atoms with E-state index < -0.39 is 11.9 Å². The molecule has 2 rings (SSSR count). The molecule has 0 aliphatic carbocycles. The molecule has 140 valence electrons. The molecule has 2 aromatic rings. The molecule has 0 heterocycles. The minimum Gasteiger partial charge on any atom is -0.465 e. The molecule has 0 bridgehead atoms. The summed E-state index contributed by atoms with van der Waals surface area (Å²) >= 11 is 5.26. The number of Topliss-reactive ketones (excluding diaryl/α,β-unsaturated/α-hetero) is 1. The number of hydrogen-bond donors (Lipinski definition) is 2. The van der Waals surface area contributed by atoms with Crippen molar-refractivity contribution in [2.45, 2.75) is 6.92 Å². The molecule has 27 heavy (non-hydrogen) atoms. The Hall–Kier alpha value is -3.26. The Morgan fingerprint density at radius 1 is 0.815 bits per heavy atom. The molecule has 0 aliphatic rings. The smallest absolute Gasteiger partial charge is 0.337 e. The second-order valence-electron chi connectivity index (χ2n) is 5.50. The van der Waals surface area contributed by atoms with Crippen molar-refractivity contribution in [2.75, 3.05) is 24.9 Å². The third kappa shape index (κ3) is 5.35. The zero-order valence-electron chi connectivity index (χ0n) is 15.0. The fraction of sp³-hybridized carbons (Fsp3) is 0.158. The summed E-state index contributed by atoms with van der Waals surface area (Å²) in [5.41, 5.74) is 1.91. The lowest BCUT2D eigenvalue weighted by Crippen LogP contribution is -2.20. The van der Waals surface area contributed by atoms with Crippen LogP contribution < -0.4 is 10.6 Å². The van der Waals surface area contributed by atoms with E-state index in [1.165, 1.54) is 39.3 Å². The van der Waals surface area contributed by atoms with E-state index in [2.05, 4.69) is 10.6 Å². The quantitative estimate of drug-likeness (QED) is 0.459. The van der Waals surface area contributed by atoms with E-state index in [1.54, 1.807) is 24.3 Å². The zero-order valence-corrected chi connectivity index (χ0v) is 15.8. The van der Waals surface area contributed by atoms with Crippen LogP contribution in [-0.4, -0.2) is 37.1 Å². The summed E-state index contributed by atoms with van der Waals surface area (Å²) in [4.78, 5) is 35.1. The first kappa shape index (κ1) is 20.1. The van der Waals surface area contributed by atoms with Crippen molar-refractivity contribution in [3.05, 3.63) is 59.2 Å². The number of benzene rings is 2. The third-order valence-electron chi connectivity index (χ3n) is 3.56. The van der Waals surface area contributed by atoms with E-state index >= 15 is 0 Å². The predicted octanol–water partition coefficient (Wildman–Crippen LogP) is 3.27. The van der Waals surface area contributed by atoms with Crippen LogP contribution in [0.15, 0.2) is 42.5 Å². The number of carbonyl (C=O) groups excluding carboxylic acids is 3. The van der Waals surface area contributed by atoms with E-state index in [0.717, 1.165) is 0 Å². The van der Waals surface area contributed by atoms with Gasteiger partial charge in [0.1, 0.15) is 0 Å². The van der Waals surface area contributed by atoms with Crippen LogP contribution in [0.3, 0.4) is 0 Å². The van der Waals surface area contributed by atoms with Gasteiger partial charge in [-0.15, -0.1) is 0 Å². The van der Waals surface area contributed by atoms with Crippen molar-refractivity contribution in [1.82, 2.24) is 0 Å². The lowest BCUT2D eigenvalue weighted by molar-refractivity contribution is 0.0599. The maximum Gasteiger partial charge on any atom is 0.337 e. The predicted molar refractivity (Wildman–Crippen MR) is 105 cm³/mol. The number of ketones is 1. The van der Waals surface area contributed by atoms with Crippen LogP contribution in [-0.2, 0) is 9.47 Å². The first-order chi connectivity index (χ1) is 12.8. The molecule has 0 aromatic heterocycles. The minimum absolute atomic E-state index is 0.0639. The molecular formula is C19H18N2O5S. The Balaban J connectivity index is 2.23. The number of hydrogen-bond acceptors (Lipinski definition) is 6. The van der Waals surface area contributed by atoms with Crippen LogP contribution in [0.2, 0.25) is 0 Å². The molecule has 0 unspecified atom stereocenters. The molecule has 2 N–H and O–H groups in total. The van der Waals surface area contributed by atoms with Crippen LogP contribution in [0.4, 0.5) is 11.4 Å². The van der Waals surface area contributed by atoms with Crippen LogP contribution in [0.5, 0.6) is 0 Å². The summed E-state index contributed by atoms with van der Waals surface area (Å²) in [5.74, 6) is -1.26. The molecule has 0 amide bonds. The Morgan fingerprint density at radius 2 is 1.33 bits per heavy atom. The number of ether oxygens (including phenoxy) is 2. The van der Waals surface area contributed by atoms with E-state index in [-0.39, 0.29) is 22.0 Å². The summed E-state index contributed by atoms with van der Waals surface area (Å²) < 4.78 is 9.39.